The molecule has 2 aromatic rings. The van der Waals surface area contributed by atoms with Crippen LogP contribution >= 0.6 is 15.9 Å². The Bertz CT molecular complexity index is 763. The molecule has 106 valence electrons. The van der Waals surface area contributed by atoms with E-state index in [1.807, 2.05) is 0 Å². The molecule has 0 aliphatic rings. The van der Waals surface area contributed by atoms with Crippen LogP contribution in [0.3, 0.4) is 0 Å². The topological polar surface area (TPSA) is 72.2 Å². The van der Waals surface area contributed by atoms with Crippen LogP contribution in [0.1, 0.15) is 5.56 Å². The molecule has 0 saturated carbocycles. The van der Waals surface area contributed by atoms with Crippen molar-refractivity contribution >= 4 is 37.3 Å². The summed E-state index contributed by atoms with van der Waals surface area (Å²) in [5, 5.41) is 0. The fourth-order valence-electron chi connectivity index (χ4n) is 1.63. The van der Waals surface area contributed by atoms with Gasteiger partial charge in [0.2, 0.25) is 0 Å². The maximum atomic E-state index is 13.1. The van der Waals surface area contributed by atoms with Crippen LogP contribution in [0.5, 0.6) is 0 Å². The van der Waals surface area contributed by atoms with Gasteiger partial charge in [-0.15, -0.1) is 0 Å². The van der Waals surface area contributed by atoms with Gasteiger partial charge in [-0.25, -0.2) is 12.8 Å². The van der Waals surface area contributed by atoms with Crippen LogP contribution in [0.25, 0.3) is 0 Å². The molecule has 2 rings (SSSR count). The molecule has 0 spiro atoms. The first-order valence-electron chi connectivity index (χ1n) is 5.63. The second-order valence-corrected chi connectivity index (χ2v) is 6.85. The molecule has 0 aliphatic carbocycles. The minimum Gasteiger partial charge on any atom is -0.396 e. The molecule has 0 amide bonds. The third kappa shape index (κ3) is 3.10. The van der Waals surface area contributed by atoms with Crippen LogP contribution in [0, 0.1) is 12.7 Å². The predicted octanol–water partition coefficient (Wildman–Crippen LogP) is 3.28. The summed E-state index contributed by atoms with van der Waals surface area (Å²) >= 11 is 3.30. The zero-order valence-corrected chi connectivity index (χ0v) is 12.9. The smallest absolute Gasteiger partial charge is 0.261 e. The average molecular weight is 359 g/mol. The Morgan fingerprint density at radius 3 is 2.50 bits per heavy atom. The molecule has 0 aliphatic heterocycles. The van der Waals surface area contributed by atoms with Crippen molar-refractivity contribution in [2.75, 3.05) is 10.5 Å². The zero-order chi connectivity index (χ0) is 14.9. The van der Waals surface area contributed by atoms with Gasteiger partial charge in [-0.1, -0.05) is 15.9 Å². The first-order valence-corrected chi connectivity index (χ1v) is 7.91. The van der Waals surface area contributed by atoms with E-state index in [2.05, 4.69) is 20.7 Å². The van der Waals surface area contributed by atoms with Crippen molar-refractivity contribution in [2.24, 2.45) is 0 Å². The Kier molecular flexibility index (Phi) is 4.01. The Balaban J connectivity index is 2.38. The van der Waals surface area contributed by atoms with E-state index < -0.39 is 15.8 Å². The van der Waals surface area contributed by atoms with Gasteiger partial charge in [0.1, 0.15) is 5.82 Å². The molecule has 0 fully saturated rings. The first-order chi connectivity index (χ1) is 9.29. The predicted molar refractivity (Wildman–Crippen MR) is 80.5 cm³/mol. The number of hydrogen-bond acceptors (Lipinski definition) is 3. The molecule has 0 bridgehead atoms. The lowest BCUT2D eigenvalue weighted by molar-refractivity contribution is 0.600. The molecule has 4 nitrogen and oxygen atoms in total. The summed E-state index contributed by atoms with van der Waals surface area (Å²) in [7, 11) is -3.80. The highest BCUT2D eigenvalue weighted by Crippen LogP contribution is 2.24. The molecular formula is C13H12BrFN2O2S. The lowest BCUT2D eigenvalue weighted by Gasteiger charge is -2.11. The van der Waals surface area contributed by atoms with Crippen LogP contribution in [-0.2, 0) is 10.0 Å². The van der Waals surface area contributed by atoms with Crippen LogP contribution < -0.4 is 10.5 Å². The van der Waals surface area contributed by atoms with Gasteiger partial charge in [0.15, 0.2) is 0 Å². The number of hydrogen-bond donors (Lipinski definition) is 2. The summed E-state index contributed by atoms with van der Waals surface area (Å²) in [6.07, 6.45) is 0. The van der Waals surface area contributed by atoms with E-state index in [9.17, 15) is 12.8 Å². The molecule has 0 unspecified atom stereocenters. The Hall–Kier alpha value is -1.60. The number of benzene rings is 2. The third-order valence-electron chi connectivity index (χ3n) is 2.71. The van der Waals surface area contributed by atoms with E-state index in [0.717, 1.165) is 22.2 Å². The minimum atomic E-state index is -3.80. The monoisotopic (exact) mass is 358 g/mol. The lowest BCUT2D eigenvalue weighted by Crippen LogP contribution is -2.14. The van der Waals surface area contributed by atoms with Gasteiger partial charge in [0.05, 0.1) is 16.3 Å². The summed E-state index contributed by atoms with van der Waals surface area (Å²) < 4.78 is 40.8. The molecule has 2 aromatic carbocycles. The minimum absolute atomic E-state index is 0.0845. The van der Waals surface area contributed by atoms with Gasteiger partial charge in [0.25, 0.3) is 10.0 Å². The van der Waals surface area contributed by atoms with E-state index in [-0.39, 0.29) is 10.6 Å². The number of sulfonamides is 1. The SMILES string of the molecule is Cc1cc(Br)ccc1NS(=O)(=O)c1ccc(F)c(N)c1. The molecule has 0 aromatic heterocycles. The van der Waals surface area contributed by atoms with E-state index in [4.69, 9.17) is 5.73 Å². The fourth-order valence-corrected chi connectivity index (χ4v) is 3.28. The highest BCUT2D eigenvalue weighted by molar-refractivity contribution is 9.10. The van der Waals surface area contributed by atoms with E-state index >= 15 is 0 Å². The molecule has 20 heavy (non-hydrogen) atoms. The van der Waals surface area contributed by atoms with E-state index in [1.54, 1.807) is 25.1 Å². The standard InChI is InChI=1S/C13H12BrFN2O2S/c1-8-6-9(14)2-5-13(8)17-20(18,19)10-3-4-11(15)12(16)7-10/h2-7,17H,16H2,1H3. The summed E-state index contributed by atoms with van der Waals surface area (Å²) in [6.45, 7) is 1.78. The van der Waals surface area contributed by atoms with Crippen molar-refractivity contribution in [3.63, 3.8) is 0 Å². The molecule has 3 N–H and O–H groups in total. The zero-order valence-electron chi connectivity index (χ0n) is 10.5. The fraction of sp³-hybridized carbons (Fsp3) is 0.0769. The molecule has 0 saturated heterocycles. The first kappa shape index (κ1) is 14.8. The van der Waals surface area contributed by atoms with Gasteiger partial charge in [-0.05, 0) is 48.9 Å². The summed E-state index contributed by atoms with van der Waals surface area (Å²) in [6, 6.07) is 8.44. The van der Waals surface area contributed by atoms with Crippen molar-refractivity contribution in [3.8, 4) is 0 Å². The number of nitrogens with two attached hydrogens (primary N) is 1. The molecular weight excluding hydrogens is 347 g/mol. The highest BCUT2D eigenvalue weighted by atomic mass is 79.9. The molecule has 0 atom stereocenters. The maximum absolute atomic E-state index is 13.1. The molecule has 0 heterocycles. The average Bonchev–Trinajstić information content (AvgIpc) is 2.36. The summed E-state index contributed by atoms with van der Waals surface area (Å²) in [4.78, 5) is -0.0845. The normalized spacial score (nSPS) is 11.3. The Labute approximate surface area is 125 Å². The van der Waals surface area contributed by atoms with Crippen LogP contribution in [0.4, 0.5) is 15.8 Å². The van der Waals surface area contributed by atoms with Crippen molar-refractivity contribution < 1.29 is 12.8 Å². The second kappa shape index (κ2) is 5.41. The van der Waals surface area contributed by atoms with Crippen molar-refractivity contribution in [1.82, 2.24) is 0 Å². The number of rotatable bonds is 3. The third-order valence-corrected chi connectivity index (χ3v) is 4.57. The Morgan fingerprint density at radius 2 is 1.90 bits per heavy atom. The van der Waals surface area contributed by atoms with Gasteiger partial charge < -0.3 is 5.73 Å². The summed E-state index contributed by atoms with van der Waals surface area (Å²) in [5.74, 6) is -0.649. The van der Waals surface area contributed by atoms with Crippen LogP contribution in [0.2, 0.25) is 0 Å². The Morgan fingerprint density at radius 1 is 1.20 bits per heavy atom. The van der Waals surface area contributed by atoms with Crippen molar-refractivity contribution in [1.29, 1.82) is 0 Å². The lowest BCUT2D eigenvalue weighted by atomic mass is 10.2. The number of nitrogen functional groups attached to an aromatic ring is 1. The van der Waals surface area contributed by atoms with Crippen molar-refractivity contribution in [3.05, 3.63) is 52.3 Å². The second-order valence-electron chi connectivity index (χ2n) is 4.25. The number of halogens is 2. The van der Waals surface area contributed by atoms with Crippen LogP contribution in [0.15, 0.2) is 45.8 Å². The largest absolute Gasteiger partial charge is 0.396 e. The summed E-state index contributed by atoms with van der Waals surface area (Å²) in [5.41, 5.74) is 6.40. The van der Waals surface area contributed by atoms with E-state index in [0.29, 0.717) is 5.69 Å². The van der Waals surface area contributed by atoms with Crippen molar-refractivity contribution in [2.45, 2.75) is 11.8 Å². The quantitative estimate of drug-likeness (QED) is 0.827. The highest BCUT2D eigenvalue weighted by Gasteiger charge is 2.16. The van der Waals surface area contributed by atoms with Gasteiger partial charge in [-0.2, -0.15) is 0 Å². The van der Waals surface area contributed by atoms with Gasteiger partial charge in [0, 0.05) is 4.47 Å². The molecule has 7 heteroatoms. The molecule has 0 radical (unpaired) electrons. The number of nitrogens with one attached hydrogen (secondary N) is 1. The van der Waals surface area contributed by atoms with Gasteiger partial charge >= 0.3 is 0 Å². The van der Waals surface area contributed by atoms with Crippen LogP contribution in [-0.4, -0.2) is 8.42 Å². The number of aryl methyl sites for hydroxylation is 1. The van der Waals surface area contributed by atoms with E-state index in [1.165, 1.54) is 6.07 Å². The van der Waals surface area contributed by atoms with Gasteiger partial charge in [-0.3, -0.25) is 4.72 Å². The maximum Gasteiger partial charge on any atom is 0.261 e. The number of anilines is 2.